The monoisotopic (exact) mass is 349 g/mol. The lowest BCUT2D eigenvalue weighted by molar-refractivity contribution is 0.240. The molecule has 1 aliphatic rings. The van der Waals surface area contributed by atoms with Crippen LogP contribution in [0.5, 0.6) is 17.2 Å². The molecule has 0 aliphatic carbocycles. The molecule has 2 aromatic rings. The number of rotatable bonds is 4. The van der Waals surface area contributed by atoms with Crippen molar-refractivity contribution in [2.24, 2.45) is 0 Å². The van der Waals surface area contributed by atoms with Gasteiger partial charge in [-0.2, -0.15) is 0 Å². The van der Waals surface area contributed by atoms with Gasteiger partial charge in [-0.1, -0.05) is 0 Å². The van der Waals surface area contributed by atoms with E-state index in [1.54, 1.807) is 6.07 Å². The van der Waals surface area contributed by atoms with E-state index in [0.29, 0.717) is 34.9 Å². The molecule has 0 spiro atoms. The van der Waals surface area contributed by atoms with Gasteiger partial charge in [0.25, 0.3) is 5.56 Å². The first-order chi connectivity index (χ1) is 11.5. The summed E-state index contributed by atoms with van der Waals surface area (Å²) < 4.78 is 10.8. The minimum absolute atomic E-state index is 0.0335. The minimum atomic E-state index is -0.145. The van der Waals surface area contributed by atoms with Crippen LogP contribution < -0.4 is 15.0 Å². The molecular weight excluding hydrogens is 330 g/mol. The van der Waals surface area contributed by atoms with Crippen LogP contribution >= 0.6 is 12.2 Å². The molecule has 1 aromatic heterocycles. The summed E-state index contributed by atoms with van der Waals surface area (Å²) in [6.45, 7) is 1.89. The highest BCUT2D eigenvalue weighted by atomic mass is 32.1. The SMILES string of the molecule is COc1cc(CN2CCc3[nH]c(=S)[nH]c(=O)c3C2)cc(O)c1OC. The van der Waals surface area contributed by atoms with Crippen molar-refractivity contribution in [1.82, 2.24) is 14.9 Å². The fourth-order valence-electron chi connectivity index (χ4n) is 3.00. The quantitative estimate of drug-likeness (QED) is 0.728. The highest BCUT2D eigenvalue weighted by Crippen LogP contribution is 2.37. The van der Waals surface area contributed by atoms with Crippen molar-refractivity contribution >= 4 is 12.2 Å². The molecule has 0 saturated carbocycles. The third-order valence-corrected chi connectivity index (χ3v) is 4.32. The molecule has 0 atom stereocenters. The number of phenols is 1. The lowest BCUT2D eigenvalue weighted by atomic mass is 10.1. The van der Waals surface area contributed by atoms with Gasteiger partial charge in [0.1, 0.15) is 0 Å². The first-order valence-electron chi connectivity index (χ1n) is 7.52. The molecule has 7 nitrogen and oxygen atoms in total. The van der Waals surface area contributed by atoms with E-state index in [9.17, 15) is 9.90 Å². The Morgan fingerprint density at radius 3 is 2.79 bits per heavy atom. The highest BCUT2D eigenvalue weighted by Gasteiger charge is 2.21. The molecule has 0 unspecified atom stereocenters. The number of aromatic nitrogens is 2. The molecule has 3 rings (SSSR count). The van der Waals surface area contributed by atoms with Crippen LogP contribution in [0.25, 0.3) is 0 Å². The smallest absolute Gasteiger partial charge is 0.256 e. The Balaban J connectivity index is 1.84. The number of ether oxygens (including phenoxy) is 2. The Morgan fingerprint density at radius 2 is 2.08 bits per heavy atom. The van der Waals surface area contributed by atoms with E-state index in [1.807, 2.05) is 6.07 Å². The van der Waals surface area contributed by atoms with Gasteiger partial charge in [0.05, 0.1) is 19.8 Å². The number of nitrogens with one attached hydrogen (secondary N) is 2. The maximum atomic E-state index is 12.1. The second kappa shape index (κ2) is 6.66. The van der Waals surface area contributed by atoms with Crippen molar-refractivity contribution in [3.63, 3.8) is 0 Å². The van der Waals surface area contributed by atoms with Crippen molar-refractivity contribution in [3.05, 3.63) is 44.1 Å². The summed E-state index contributed by atoms with van der Waals surface area (Å²) in [5.74, 6) is 0.826. The number of hydrogen-bond acceptors (Lipinski definition) is 6. The van der Waals surface area contributed by atoms with Crippen molar-refractivity contribution < 1.29 is 14.6 Å². The number of aromatic hydroxyl groups is 1. The molecule has 2 heterocycles. The van der Waals surface area contributed by atoms with E-state index in [1.165, 1.54) is 14.2 Å². The number of benzene rings is 1. The summed E-state index contributed by atoms with van der Waals surface area (Å²) in [6.07, 6.45) is 0.724. The summed E-state index contributed by atoms with van der Waals surface area (Å²) in [5.41, 5.74) is 2.34. The van der Waals surface area contributed by atoms with Crippen LogP contribution in [-0.2, 0) is 19.5 Å². The summed E-state index contributed by atoms with van der Waals surface area (Å²) in [4.78, 5) is 19.9. The molecular formula is C16H19N3O4S. The number of methoxy groups -OCH3 is 2. The molecule has 8 heteroatoms. The fraction of sp³-hybridized carbons (Fsp3) is 0.375. The number of phenolic OH excluding ortho intramolecular Hbond substituents is 1. The van der Waals surface area contributed by atoms with Crippen LogP contribution in [0.1, 0.15) is 16.8 Å². The third kappa shape index (κ3) is 3.15. The van der Waals surface area contributed by atoms with Gasteiger partial charge in [-0.3, -0.25) is 14.7 Å². The Bertz CT molecular complexity index is 875. The lowest BCUT2D eigenvalue weighted by Gasteiger charge is -2.28. The van der Waals surface area contributed by atoms with E-state index in [0.717, 1.165) is 24.2 Å². The van der Waals surface area contributed by atoms with Gasteiger partial charge >= 0.3 is 0 Å². The van der Waals surface area contributed by atoms with Gasteiger partial charge < -0.3 is 19.6 Å². The van der Waals surface area contributed by atoms with E-state index in [-0.39, 0.29) is 11.3 Å². The van der Waals surface area contributed by atoms with Gasteiger partial charge in [0.15, 0.2) is 16.3 Å². The molecule has 0 bridgehead atoms. The average Bonchev–Trinajstić information content (AvgIpc) is 2.54. The van der Waals surface area contributed by atoms with Gasteiger partial charge in [-0.15, -0.1) is 0 Å². The fourth-order valence-corrected chi connectivity index (χ4v) is 3.21. The summed E-state index contributed by atoms with van der Waals surface area (Å²) in [5, 5.41) is 10.1. The van der Waals surface area contributed by atoms with Crippen LogP contribution in [0.2, 0.25) is 0 Å². The molecule has 128 valence electrons. The molecule has 0 saturated heterocycles. The average molecular weight is 349 g/mol. The topological polar surface area (TPSA) is 90.6 Å². The van der Waals surface area contributed by atoms with Crippen molar-refractivity contribution in [3.8, 4) is 17.2 Å². The van der Waals surface area contributed by atoms with E-state index in [4.69, 9.17) is 21.7 Å². The number of fused-ring (bicyclic) bond motifs is 1. The molecule has 24 heavy (non-hydrogen) atoms. The predicted octanol–water partition coefficient (Wildman–Crippen LogP) is 1.71. The largest absolute Gasteiger partial charge is 0.504 e. The first-order valence-corrected chi connectivity index (χ1v) is 7.93. The van der Waals surface area contributed by atoms with Crippen molar-refractivity contribution in [2.45, 2.75) is 19.5 Å². The van der Waals surface area contributed by atoms with Gasteiger partial charge in [0.2, 0.25) is 5.75 Å². The zero-order chi connectivity index (χ0) is 17.3. The molecule has 3 N–H and O–H groups in total. The van der Waals surface area contributed by atoms with Crippen LogP contribution in [0.3, 0.4) is 0 Å². The lowest BCUT2D eigenvalue weighted by Crippen LogP contribution is -2.35. The Labute approximate surface area is 143 Å². The van der Waals surface area contributed by atoms with E-state index < -0.39 is 0 Å². The van der Waals surface area contributed by atoms with Gasteiger partial charge in [0, 0.05) is 31.7 Å². The third-order valence-electron chi connectivity index (χ3n) is 4.11. The molecule has 1 aromatic carbocycles. The standard InChI is InChI=1S/C16H19N3O4S/c1-22-13-6-9(5-12(20)14(13)23-2)7-19-4-3-11-10(8-19)15(21)18-16(24)17-11/h5-6,20H,3-4,7-8H2,1-2H3,(H2,17,18,21,24). The van der Waals surface area contributed by atoms with E-state index >= 15 is 0 Å². The second-order valence-electron chi connectivity index (χ2n) is 5.68. The van der Waals surface area contributed by atoms with Crippen LogP contribution in [0.4, 0.5) is 0 Å². The zero-order valence-electron chi connectivity index (χ0n) is 13.5. The molecule has 0 radical (unpaired) electrons. The van der Waals surface area contributed by atoms with Crippen LogP contribution in [-0.4, -0.2) is 40.7 Å². The van der Waals surface area contributed by atoms with Gasteiger partial charge in [-0.05, 0) is 29.9 Å². The number of nitrogens with zero attached hydrogens (tertiary/aromatic N) is 1. The molecule has 0 amide bonds. The Kier molecular flexibility index (Phi) is 4.59. The van der Waals surface area contributed by atoms with Gasteiger partial charge in [-0.25, -0.2) is 0 Å². The molecule has 0 fully saturated rings. The second-order valence-corrected chi connectivity index (χ2v) is 6.08. The summed E-state index contributed by atoms with van der Waals surface area (Å²) in [7, 11) is 3.01. The van der Waals surface area contributed by atoms with Crippen LogP contribution in [0.15, 0.2) is 16.9 Å². The normalized spacial score (nSPS) is 14.2. The maximum absolute atomic E-state index is 12.1. The zero-order valence-corrected chi connectivity index (χ0v) is 14.3. The highest BCUT2D eigenvalue weighted by molar-refractivity contribution is 7.71. The number of aromatic amines is 2. The maximum Gasteiger partial charge on any atom is 0.256 e. The predicted molar refractivity (Wildman–Crippen MR) is 91.3 cm³/mol. The number of hydrogen-bond donors (Lipinski definition) is 3. The summed E-state index contributed by atoms with van der Waals surface area (Å²) in [6, 6.07) is 3.48. The first kappa shape index (κ1) is 16.5. The van der Waals surface area contributed by atoms with E-state index in [2.05, 4.69) is 14.9 Å². The van der Waals surface area contributed by atoms with Crippen molar-refractivity contribution in [2.75, 3.05) is 20.8 Å². The van der Waals surface area contributed by atoms with Crippen LogP contribution in [0, 0.1) is 4.77 Å². The Morgan fingerprint density at radius 1 is 1.29 bits per heavy atom. The Hall–Kier alpha value is -2.32. The summed E-state index contributed by atoms with van der Waals surface area (Å²) >= 11 is 5.01. The minimum Gasteiger partial charge on any atom is -0.504 e. The van der Waals surface area contributed by atoms with Crippen molar-refractivity contribution in [1.29, 1.82) is 0 Å². The number of H-pyrrole nitrogens is 2. The molecule has 1 aliphatic heterocycles.